The average molecular weight is 634 g/mol. The number of halogens is 1. The number of nitrogens with two attached hydrogens (primary N) is 1. The Kier molecular flexibility index (Phi) is 11.4. The van der Waals surface area contributed by atoms with E-state index in [-0.39, 0.29) is 29.5 Å². The average Bonchev–Trinajstić information content (AvgIpc) is 3.00. The monoisotopic (exact) mass is 633 g/mol. The first-order chi connectivity index (χ1) is 21.8. The summed E-state index contributed by atoms with van der Waals surface area (Å²) in [5, 5.41) is 20.4. The molecule has 1 heterocycles. The van der Waals surface area contributed by atoms with E-state index in [9.17, 15) is 28.7 Å². The third-order valence-corrected chi connectivity index (χ3v) is 8.21. The van der Waals surface area contributed by atoms with E-state index in [1.165, 1.54) is 18.2 Å². The van der Waals surface area contributed by atoms with Gasteiger partial charge < -0.3 is 26.8 Å². The minimum atomic E-state index is -1.37. The van der Waals surface area contributed by atoms with E-state index >= 15 is 0 Å². The fourth-order valence-electron chi connectivity index (χ4n) is 5.95. The van der Waals surface area contributed by atoms with Crippen LogP contribution in [0.2, 0.25) is 0 Å². The summed E-state index contributed by atoms with van der Waals surface area (Å²) in [7, 11) is 0. The van der Waals surface area contributed by atoms with Crippen LogP contribution in [0.4, 0.5) is 4.39 Å². The van der Waals surface area contributed by atoms with Gasteiger partial charge in [-0.25, -0.2) is 9.37 Å². The lowest BCUT2D eigenvalue weighted by molar-refractivity contribution is -0.128. The van der Waals surface area contributed by atoms with Gasteiger partial charge in [0.15, 0.2) is 0 Å². The zero-order valence-corrected chi connectivity index (χ0v) is 26.6. The molecule has 1 aromatic heterocycles. The van der Waals surface area contributed by atoms with Crippen LogP contribution in [0, 0.1) is 11.7 Å². The van der Waals surface area contributed by atoms with Gasteiger partial charge in [-0.3, -0.25) is 19.2 Å². The van der Waals surface area contributed by atoms with Gasteiger partial charge in [0.1, 0.15) is 23.1 Å². The Morgan fingerprint density at radius 2 is 1.67 bits per heavy atom. The molecule has 3 aromatic rings. The molecule has 1 aliphatic rings. The number of benzene rings is 2. The van der Waals surface area contributed by atoms with E-state index in [0.717, 1.165) is 32.1 Å². The number of hydrogen-bond donors (Lipinski definition) is 5. The maximum absolute atomic E-state index is 14.3. The van der Waals surface area contributed by atoms with Crippen LogP contribution in [0.25, 0.3) is 10.9 Å². The molecule has 1 aliphatic carbocycles. The minimum Gasteiger partial charge on any atom is -0.391 e. The quantitative estimate of drug-likeness (QED) is 0.203. The predicted octanol–water partition coefficient (Wildman–Crippen LogP) is 3.93. The van der Waals surface area contributed by atoms with E-state index in [1.54, 1.807) is 36.4 Å². The third-order valence-electron chi connectivity index (χ3n) is 8.21. The van der Waals surface area contributed by atoms with Crippen molar-refractivity contribution < 1.29 is 28.7 Å². The summed E-state index contributed by atoms with van der Waals surface area (Å²) in [4.78, 5) is 56.0. The van der Waals surface area contributed by atoms with Gasteiger partial charge in [0.25, 0.3) is 11.8 Å². The van der Waals surface area contributed by atoms with Crippen LogP contribution in [0.15, 0.2) is 54.6 Å². The van der Waals surface area contributed by atoms with Crippen molar-refractivity contribution in [3.8, 4) is 0 Å². The van der Waals surface area contributed by atoms with Gasteiger partial charge >= 0.3 is 0 Å². The fraction of sp³-hybridized carbons (Fsp3) is 0.457. The minimum absolute atomic E-state index is 0.00168. The van der Waals surface area contributed by atoms with E-state index in [0.29, 0.717) is 22.9 Å². The van der Waals surface area contributed by atoms with Crippen LogP contribution in [-0.2, 0) is 16.0 Å². The summed E-state index contributed by atoms with van der Waals surface area (Å²) in [6.45, 7) is 5.65. The van der Waals surface area contributed by atoms with Crippen molar-refractivity contribution in [1.29, 1.82) is 0 Å². The number of carbonyl (C=O) groups excluding carboxylic acids is 4. The Bertz CT molecular complexity index is 1570. The number of nitrogens with one attached hydrogen (secondary N) is 3. The predicted molar refractivity (Wildman–Crippen MR) is 173 cm³/mol. The molecule has 3 atom stereocenters. The molecule has 4 rings (SSSR count). The molecule has 1 saturated carbocycles. The largest absolute Gasteiger partial charge is 0.391 e. The van der Waals surface area contributed by atoms with Crippen molar-refractivity contribution in [2.24, 2.45) is 11.7 Å². The summed E-state index contributed by atoms with van der Waals surface area (Å²) >= 11 is 0. The number of aliphatic hydroxyl groups excluding tert-OH is 1. The van der Waals surface area contributed by atoms with Gasteiger partial charge in [-0.1, -0.05) is 68.5 Å². The van der Waals surface area contributed by atoms with E-state index in [4.69, 9.17) is 5.73 Å². The summed E-state index contributed by atoms with van der Waals surface area (Å²) in [5.41, 5.74) is 5.90. The molecule has 0 spiro atoms. The molecule has 246 valence electrons. The first kappa shape index (κ1) is 34.5. The van der Waals surface area contributed by atoms with Crippen molar-refractivity contribution in [1.82, 2.24) is 20.9 Å². The fourth-order valence-corrected chi connectivity index (χ4v) is 5.95. The van der Waals surface area contributed by atoms with Crippen LogP contribution in [0.1, 0.15) is 92.1 Å². The number of aliphatic hydroxyl groups is 1. The molecule has 4 amide bonds. The van der Waals surface area contributed by atoms with Crippen molar-refractivity contribution >= 4 is 34.5 Å². The second-order valence-electron chi connectivity index (χ2n) is 13.2. The molecule has 10 nitrogen and oxygen atoms in total. The van der Waals surface area contributed by atoms with E-state index < -0.39 is 53.7 Å². The molecule has 11 heteroatoms. The van der Waals surface area contributed by atoms with Crippen molar-refractivity contribution in [3.63, 3.8) is 0 Å². The standard InChI is InChI=1S/C35H44FN5O5/c1-35(2,3)41-32(44)24-14-8-7-12-23(24)19-29(42)27(18-21-10-5-4-6-11-21)39-34(46)28(20-30(37)43)40-33(45)26-17-16-22-13-9-15-25(36)31(22)38-26/h7-9,12-17,21,27-29,42H,4-6,10-11,18-20H2,1-3H3,(H2,37,43)(H,39,46)(H,40,45)(H,41,44)/t27-,28-,29+/m0/s1. The highest BCUT2D eigenvalue weighted by Crippen LogP contribution is 2.29. The SMILES string of the molecule is CC(C)(C)NC(=O)c1ccccc1C[C@@H](O)[C@H](CC1CCCCC1)NC(=O)[C@H](CC(N)=O)NC(=O)c1ccc2cccc(F)c2n1. The number of amides is 4. The number of rotatable bonds is 12. The number of carbonyl (C=O) groups is 4. The van der Waals surface area contributed by atoms with Gasteiger partial charge in [0.05, 0.1) is 18.6 Å². The molecule has 46 heavy (non-hydrogen) atoms. The lowest BCUT2D eigenvalue weighted by atomic mass is 9.82. The highest BCUT2D eigenvalue weighted by molar-refractivity contribution is 5.99. The number of pyridine rings is 1. The lowest BCUT2D eigenvalue weighted by Crippen LogP contribution is -2.54. The molecule has 6 N–H and O–H groups in total. The molecule has 0 saturated heterocycles. The van der Waals surface area contributed by atoms with Crippen LogP contribution < -0.4 is 21.7 Å². The molecule has 0 aliphatic heterocycles. The zero-order chi connectivity index (χ0) is 33.4. The highest BCUT2D eigenvalue weighted by Gasteiger charge is 2.31. The van der Waals surface area contributed by atoms with E-state index in [1.807, 2.05) is 20.8 Å². The first-order valence-corrected chi connectivity index (χ1v) is 15.8. The molecule has 1 fully saturated rings. The Labute approximate surface area is 268 Å². The second-order valence-corrected chi connectivity index (χ2v) is 13.2. The van der Waals surface area contributed by atoms with Gasteiger partial charge in [0.2, 0.25) is 11.8 Å². The van der Waals surface area contributed by atoms with E-state index in [2.05, 4.69) is 20.9 Å². The zero-order valence-electron chi connectivity index (χ0n) is 26.6. The Morgan fingerprint density at radius 1 is 0.957 bits per heavy atom. The van der Waals surface area contributed by atoms with Gasteiger partial charge in [-0.05, 0) is 56.9 Å². The number of hydrogen-bond acceptors (Lipinski definition) is 6. The van der Waals surface area contributed by atoms with Crippen LogP contribution in [0.5, 0.6) is 0 Å². The van der Waals surface area contributed by atoms with Crippen molar-refractivity contribution in [2.45, 2.75) is 95.9 Å². The topological polar surface area (TPSA) is 164 Å². The van der Waals surface area contributed by atoms with Crippen LogP contribution >= 0.6 is 0 Å². The van der Waals surface area contributed by atoms with Gasteiger partial charge in [0, 0.05) is 22.9 Å². The maximum atomic E-state index is 14.3. The number of fused-ring (bicyclic) bond motifs is 1. The number of para-hydroxylation sites is 1. The van der Waals surface area contributed by atoms with Crippen molar-refractivity contribution in [2.75, 3.05) is 0 Å². The molecular formula is C35H44FN5O5. The molecule has 0 bridgehead atoms. The summed E-state index contributed by atoms with van der Waals surface area (Å²) in [6, 6.07) is 12.3. The number of primary amides is 1. The summed E-state index contributed by atoms with van der Waals surface area (Å²) in [5.74, 6) is -2.91. The summed E-state index contributed by atoms with van der Waals surface area (Å²) in [6.07, 6.45) is 4.13. The third kappa shape index (κ3) is 9.56. The lowest BCUT2D eigenvalue weighted by Gasteiger charge is -2.31. The van der Waals surface area contributed by atoms with Gasteiger partial charge in [-0.15, -0.1) is 0 Å². The Morgan fingerprint density at radius 3 is 2.37 bits per heavy atom. The van der Waals surface area contributed by atoms with Gasteiger partial charge in [-0.2, -0.15) is 0 Å². The highest BCUT2D eigenvalue weighted by atomic mass is 19.1. The molecule has 2 aromatic carbocycles. The van der Waals surface area contributed by atoms with Crippen LogP contribution in [0.3, 0.4) is 0 Å². The normalized spacial score (nSPS) is 15.8. The smallest absolute Gasteiger partial charge is 0.270 e. The molecule has 0 radical (unpaired) electrons. The Hall–Kier alpha value is -4.38. The molecular weight excluding hydrogens is 589 g/mol. The molecule has 0 unspecified atom stereocenters. The first-order valence-electron chi connectivity index (χ1n) is 15.8. The summed E-state index contributed by atoms with van der Waals surface area (Å²) < 4.78 is 14.3. The maximum Gasteiger partial charge on any atom is 0.270 e. The Balaban J connectivity index is 1.55. The van der Waals surface area contributed by atoms with Crippen LogP contribution in [-0.4, -0.2) is 57.4 Å². The van der Waals surface area contributed by atoms with Crippen molar-refractivity contribution in [3.05, 3.63) is 77.2 Å². The second kappa shape index (κ2) is 15.3. The number of nitrogens with zero attached hydrogens (tertiary/aromatic N) is 1. The number of aromatic nitrogens is 1.